The van der Waals surface area contributed by atoms with Gasteiger partial charge in [-0.2, -0.15) is 0 Å². The molecule has 0 amide bonds. The first kappa shape index (κ1) is 26.2. The van der Waals surface area contributed by atoms with E-state index in [1.165, 1.54) is 37.6 Å². The zero-order chi connectivity index (χ0) is 25.0. The molecule has 0 bridgehead atoms. The van der Waals surface area contributed by atoms with Crippen molar-refractivity contribution in [2.24, 2.45) is 0 Å². The Morgan fingerprint density at radius 2 is 1.83 bits per heavy atom. The number of carbonyl (C=O) groups excluding carboxylic acids is 1. The molecule has 190 valence electrons. The third kappa shape index (κ3) is 7.80. The zero-order valence-corrected chi connectivity index (χ0v) is 20.6. The van der Waals surface area contributed by atoms with Crippen LogP contribution in [0, 0.1) is 10.1 Å². The van der Waals surface area contributed by atoms with Gasteiger partial charge in [-0.05, 0) is 37.5 Å². The number of nitrogens with zero attached hydrogens (tertiary/aromatic N) is 4. The van der Waals surface area contributed by atoms with E-state index in [0.717, 1.165) is 18.5 Å². The number of carbonyl (C=O) groups is 1. The van der Waals surface area contributed by atoms with E-state index in [1.807, 2.05) is 29.2 Å². The maximum absolute atomic E-state index is 12.0. The highest BCUT2D eigenvalue weighted by molar-refractivity contribution is 5.74. The van der Waals surface area contributed by atoms with E-state index >= 15 is 0 Å². The maximum Gasteiger partial charge on any atom is 0.508 e. The summed E-state index contributed by atoms with van der Waals surface area (Å²) in [6.45, 7) is 5.11. The summed E-state index contributed by atoms with van der Waals surface area (Å²) in [5, 5.41) is 15.1. The van der Waals surface area contributed by atoms with Crippen molar-refractivity contribution in [1.82, 2.24) is 9.97 Å². The maximum atomic E-state index is 12.0. The minimum atomic E-state index is -0.687. The number of piperidine rings is 1. The molecular weight excluding hydrogens is 450 g/mol. The minimum absolute atomic E-state index is 0.150. The number of unbranched alkanes of at least 4 members (excludes halogenated alkanes) is 4. The standard InChI is InChI=1S/C25H35N5O5/c1-3-5-6-7-8-9-19-10-12-20(13-11-19)28-23-22(30(32)33)24(27-18-26-23)29-16-14-21(15-17-29)35-25(31)34-4-2/h10-13,18,21H,3-9,14-17H2,1-2H3,(H,26,27,28). The number of nitrogens with one attached hydrogen (secondary N) is 1. The Balaban J connectivity index is 1.63. The molecule has 10 heteroatoms. The Bertz CT molecular complexity index is 961. The van der Waals surface area contributed by atoms with Crippen LogP contribution in [0.4, 0.5) is 27.8 Å². The van der Waals surface area contributed by atoms with Gasteiger partial charge in [-0.3, -0.25) is 10.1 Å². The monoisotopic (exact) mass is 485 g/mol. The second-order valence-electron chi connectivity index (χ2n) is 8.63. The van der Waals surface area contributed by atoms with E-state index in [1.54, 1.807) is 6.92 Å². The molecule has 0 atom stereocenters. The van der Waals surface area contributed by atoms with Crippen molar-refractivity contribution in [2.75, 3.05) is 29.9 Å². The molecule has 2 heterocycles. The highest BCUT2D eigenvalue weighted by Crippen LogP contribution is 2.35. The summed E-state index contributed by atoms with van der Waals surface area (Å²) in [5.41, 5.74) is 1.81. The number of aryl methyl sites for hydroxylation is 1. The lowest BCUT2D eigenvalue weighted by Crippen LogP contribution is -2.38. The molecule has 1 fully saturated rings. The van der Waals surface area contributed by atoms with Crippen LogP contribution < -0.4 is 10.2 Å². The van der Waals surface area contributed by atoms with Crippen molar-refractivity contribution in [3.8, 4) is 0 Å². The van der Waals surface area contributed by atoms with Gasteiger partial charge in [0.25, 0.3) is 0 Å². The van der Waals surface area contributed by atoms with Gasteiger partial charge < -0.3 is 19.7 Å². The number of hydrogen-bond acceptors (Lipinski definition) is 9. The van der Waals surface area contributed by atoms with Crippen molar-refractivity contribution >= 4 is 29.2 Å². The Hall–Kier alpha value is -3.43. The summed E-state index contributed by atoms with van der Waals surface area (Å²) in [5.74, 6) is 0.406. The minimum Gasteiger partial charge on any atom is -0.435 e. The summed E-state index contributed by atoms with van der Waals surface area (Å²) in [6, 6.07) is 7.94. The Kier molecular flexibility index (Phi) is 10.1. The summed E-state index contributed by atoms with van der Waals surface area (Å²) in [4.78, 5) is 33.3. The molecule has 35 heavy (non-hydrogen) atoms. The molecule has 10 nitrogen and oxygen atoms in total. The number of benzene rings is 1. The molecule has 1 N–H and O–H groups in total. The van der Waals surface area contributed by atoms with Crippen molar-refractivity contribution in [1.29, 1.82) is 0 Å². The normalized spacial score (nSPS) is 13.9. The van der Waals surface area contributed by atoms with Gasteiger partial charge in [0.1, 0.15) is 12.4 Å². The highest BCUT2D eigenvalue weighted by Gasteiger charge is 2.31. The van der Waals surface area contributed by atoms with Crippen LogP contribution in [0.1, 0.15) is 64.4 Å². The van der Waals surface area contributed by atoms with Crippen LogP contribution >= 0.6 is 0 Å². The van der Waals surface area contributed by atoms with Crippen molar-refractivity contribution in [2.45, 2.75) is 71.3 Å². The molecule has 3 rings (SSSR count). The molecule has 1 aliphatic heterocycles. The molecule has 1 saturated heterocycles. The summed E-state index contributed by atoms with van der Waals surface area (Å²) in [7, 11) is 0. The predicted molar refractivity (Wildman–Crippen MR) is 134 cm³/mol. The Morgan fingerprint density at radius 1 is 1.11 bits per heavy atom. The lowest BCUT2D eigenvalue weighted by atomic mass is 10.1. The van der Waals surface area contributed by atoms with E-state index in [0.29, 0.717) is 25.9 Å². The number of hydrogen-bond donors (Lipinski definition) is 1. The summed E-state index contributed by atoms with van der Waals surface area (Å²) in [6.07, 6.45) is 8.62. The average Bonchev–Trinajstić information content (AvgIpc) is 2.85. The SMILES string of the molecule is CCCCCCCc1ccc(Nc2ncnc(N3CCC(OC(=O)OCC)CC3)c2[N+](=O)[O-])cc1. The molecule has 0 spiro atoms. The number of ether oxygens (including phenoxy) is 2. The van der Waals surface area contributed by atoms with E-state index in [2.05, 4.69) is 22.2 Å². The van der Waals surface area contributed by atoms with E-state index < -0.39 is 11.1 Å². The van der Waals surface area contributed by atoms with Crippen LogP contribution in [0.3, 0.4) is 0 Å². The fourth-order valence-corrected chi connectivity index (χ4v) is 4.16. The van der Waals surface area contributed by atoms with Crippen LogP contribution in [0.5, 0.6) is 0 Å². The van der Waals surface area contributed by atoms with E-state index in [-0.39, 0.29) is 30.0 Å². The molecule has 1 aliphatic rings. The molecule has 2 aromatic rings. The zero-order valence-electron chi connectivity index (χ0n) is 20.6. The molecule has 1 aromatic heterocycles. The average molecular weight is 486 g/mol. The second-order valence-corrected chi connectivity index (χ2v) is 8.63. The fraction of sp³-hybridized carbons (Fsp3) is 0.560. The summed E-state index contributed by atoms with van der Waals surface area (Å²) < 4.78 is 10.1. The fourth-order valence-electron chi connectivity index (χ4n) is 4.16. The largest absolute Gasteiger partial charge is 0.508 e. The van der Waals surface area contributed by atoms with Crippen LogP contribution in [0.25, 0.3) is 0 Å². The van der Waals surface area contributed by atoms with Crippen molar-refractivity contribution in [3.63, 3.8) is 0 Å². The van der Waals surface area contributed by atoms with Crippen LogP contribution in [0.2, 0.25) is 0 Å². The van der Waals surface area contributed by atoms with Gasteiger partial charge in [-0.25, -0.2) is 14.8 Å². The molecule has 0 saturated carbocycles. The molecule has 0 radical (unpaired) electrons. The van der Waals surface area contributed by atoms with Crippen molar-refractivity contribution in [3.05, 3.63) is 46.3 Å². The second kappa shape index (κ2) is 13.5. The van der Waals surface area contributed by atoms with Gasteiger partial charge in [0.15, 0.2) is 0 Å². The lowest BCUT2D eigenvalue weighted by Gasteiger charge is -2.31. The van der Waals surface area contributed by atoms with Gasteiger partial charge in [-0.15, -0.1) is 0 Å². The van der Waals surface area contributed by atoms with Crippen LogP contribution in [-0.2, 0) is 15.9 Å². The Labute approximate surface area is 206 Å². The first-order valence-electron chi connectivity index (χ1n) is 12.5. The van der Waals surface area contributed by atoms with Crippen molar-refractivity contribution < 1.29 is 19.2 Å². The smallest absolute Gasteiger partial charge is 0.435 e. The molecule has 0 unspecified atom stereocenters. The lowest BCUT2D eigenvalue weighted by molar-refractivity contribution is -0.383. The van der Waals surface area contributed by atoms with E-state index in [4.69, 9.17) is 9.47 Å². The van der Waals surface area contributed by atoms with Gasteiger partial charge in [0.2, 0.25) is 11.6 Å². The van der Waals surface area contributed by atoms with Crippen LogP contribution in [0.15, 0.2) is 30.6 Å². The molecule has 1 aromatic carbocycles. The molecule has 0 aliphatic carbocycles. The Morgan fingerprint density at radius 3 is 2.49 bits per heavy atom. The van der Waals surface area contributed by atoms with Gasteiger partial charge >= 0.3 is 11.8 Å². The number of aromatic nitrogens is 2. The number of rotatable bonds is 12. The van der Waals surface area contributed by atoms with Gasteiger partial charge in [-0.1, -0.05) is 44.7 Å². The van der Waals surface area contributed by atoms with Gasteiger partial charge in [0, 0.05) is 31.6 Å². The van der Waals surface area contributed by atoms with E-state index in [9.17, 15) is 14.9 Å². The molecular formula is C25H35N5O5. The quantitative estimate of drug-likeness (QED) is 0.172. The predicted octanol–water partition coefficient (Wildman–Crippen LogP) is 5.78. The third-order valence-corrected chi connectivity index (χ3v) is 6.04. The number of nitro groups is 1. The van der Waals surface area contributed by atoms with Gasteiger partial charge in [0.05, 0.1) is 11.5 Å². The first-order valence-corrected chi connectivity index (χ1v) is 12.5. The highest BCUT2D eigenvalue weighted by atomic mass is 16.7. The third-order valence-electron chi connectivity index (χ3n) is 6.04. The van der Waals surface area contributed by atoms with Crippen LogP contribution in [-0.4, -0.2) is 46.8 Å². The topological polar surface area (TPSA) is 120 Å². The number of anilines is 3. The first-order chi connectivity index (χ1) is 17.0. The summed E-state index contributed by atoms with van der Waals surface area (Å²) >= 11 is 0.